The monoisotopic (exact) mass is 373 g/mol. The first kappa shape index (κ1) is 19.1. The van der Waals surface area contributed by atoms with E-state index in [1.54, 1.807) is 30.1 Å². The second-order valence-corrected chi connectivity index (χ2v) is 6.73. The van der Waals surface area contributed by atoms with E-state index in [1.807, 2.05) is 6.92 Å². The summed E-state index contributed by atoms with van der Waals surface area (Å²) in [6.45, 7) is 5.11. The van der Waals surface area contributed by atoms with Crippen molar-refractivity contribution in [3.8, 4) is 0 Å². The molecule has 2 amide bonds. The number of furan rings is 1. The van der Waals surface area contributed by atoms with Gasteiger partial charge in [-0.1, -0.05) is 6.07 Å². The first-order valence-electron chi connectivity index (χ1n) is 9.06. The van der Waals surface area contributed by atoms with Crippen molar-refractivity contribution in [1.29, 1.82) is 0 Å². The number of nitrogens with zero attached hydrogens (tertiary/aromatic N) is 2. The van der Waals surface area contributed by atoms with Crippen molar-refractivity contribution in [2.45, 2.75) is 19.9 Å². The van der Waals surface area contributed by atoms with Crippen LogP contribution in [0.3, 0.4) is 0 Å². The number of nitrogens with one attached hydrogen (secondary N) is 1. The van der Waals surface area contributed by atoms with Crippen molar-refractivity contribution in [3.63, 3.8) is 0 Å². The molecule has 1 saturated heterocycles. The highest BCUT2D eigenvalue weighted by molar-refractivity contribution is 5.95. The van der Waals surface area contributed by atoms with E-state index in [4.69, 9.17) is 4.42 Å². The molecule has 1 aliphatic heterocycles. The molecule has 1 fully saturated rings. The van der Waals surface area contributed by atoms with Crippen LogP contribution in [-0.2, 0) is 6.54 Å². The standard InChI is InChI=1S/C20H24FN3O3/c1-14-4-5-15(21)12-17(14)20(26)24-9-3-8-23(10-11-24)13-16-6-7-18(27-16)19(25)22-2/h4-7,12H,3,8-11,13H2,1-2H3,(H,22,25). The summed E-state index contributed by atoms with van der Waals surface area (Å²) >= 11 is 0. The average Bonchev–Trinajstić information content (AvgIpc) is 3.00. The molecule has 0 atom stereocenters. The van der Waals surface area contributed by atoms with Gasteiger partial charge in [-0.25, -0.2) is 4.39 Å². The highest BCUT2D eigenvalue weighted by Crippen LogP contribution is 2.16. The molecule has 0 unspecified atom stereocenters. The van der Waals surface area contributed by atoms with Crippen LogP contribution in [0.4, 0.5) is 4.39 Å². The Morgan fingerprint density at radius 2 is 1.96 bits per heavy atom. The van der Waals surface area contributed by atoms with Gasteiger partial charge in [0.25, 0.3) is 11.8 Å². The van der Waals surface area contributed by atoms with Gasteiger partial charge in [-0.2, -0.15) is 0 Å². The molecule has 3 rings (SSSR count). The molecular formula is C20H24FN3O3. The van der Waals surface area contributed by atoms with E-state index in [1.165, 1.54) is 12.1 Å². The predicted octanol–water partition coefficient (Wildman–Crippen LogP) is 2.43. The second-order valence-electron chi connectivity index (χ2n) is 6.73. The lowest BCUT2D eigenvalue weighted by Crippen LogP contribution is -2.35. The Morgan fingerprint density at radius 1 is 1.15 bits per heavy atom. The van der Waals surface area contributed by atoms with E-state index in [0.29, 0.717) is 43.3 Å². The molecule has 2 heterocycles. The molecule has 1 aliphatic rings. The fourth-order valence-electron chi connectivity index (χ4n) is 3.26. The van der Waals surface area contributed by atoms with Crippen LogP contribution in [0, 0.1) is 12.7 Å². The van der Waals surface area contributed by atoms with Gasteiger partial charge >= 0.3 is 0 Å². The van der Waals surface area contributed by atoms with E-state index in [9.17, 15) is 14.0 Å². The van der Waals surface area contributed by atoms with Crippen LogP contribution >= 0.6 is 0 Å². The van der Waals surface area contributed by atoms with Crippen LogP contribution in [0.15, 0.2) is 34.7 Å². The van der Waals surface area contributed by atoms with Crippen LogP contribution in [-0.4, -0.2) is 54.8 Å². The van der Waals surface area contributed by atoms with Gasteiger partial charge in [0.05, 0.1) is 6.54 Å². The zero-order valence-corrected chi connectivity index (χ0v) is 15.6. The Balaban J connectivity index is 1.62. The Hall–Kier alpha value is -2.67. The molecule has 0 bridgehead atoms. The number of hydrogen-bond acceptors (Lipinski definition) is 4. The van der Waals surface area contributed by atoms with Crippen LogP contribution < -0.4 is 5.32 Å². The van der Waals surface area contributed by atoms with Gasteiger partial charge < -0.3 is 14.6 Å². The normalized spacial score (nSPS) is 15.4. The van der Waals surface area contributed by atoms with E-state index < -0.39 is 5.82 Å². The smallest absolute Gasteiger partial charge is 0.286 e. The fraction of sp³-hybridized carbons (Fsp3) is 0.400. The van der Waals surface area contributed by atoms with E-state index >= 15 is 0 Å². The molecular weight excluding hydrogens is 349 g/mol. The summed E-state index contributed by atoms with van der Waals surface area (Å²) in [5.41, 5.74) is 1.20. The van der Waals surface area contributed by atoms with Crippen molar-refractivity contribution < 1.29 is 18.4 Å². The first-order chi connectivity index (χ1) is 13.0. The Morgan fingerprint density at radius 3 is 2.74 bits per heavy atom. The van der Waals surface area contributed by atoms with E-state index in [2.05, 4.69) is 10.2 Å². The van der Waals surface area contributed by atoms with E-state index in [0.717, 1.165) is 18.5 Å². The zero-order chi connectivity index (χ0) is 19.4. The van der Waals surface area contributed by atoms with Crippen molar-refractivity contribution in [2.75, 3.05) is 33.2 Å². The molecule has 0 spiro atoms. The number of amides is 2. The quantitative estimate of drug-likeness (QED) is 0.894. The molecule has 1 aromatic heterocycles. The second kappa shape index (κ2) is 8.35. The highest BCUT2D eigenvalue weighted by atomic mass is 19.1. The van der Waals surface area contributed by atoms with Gasteiger partial charge in [-0.3, -0.25) is 14.5 Å². The molecule has 6 nitrogen and oxygen atoms in total. The minimum atomic E-state index is -0.398. The fourth-order valence-corrected chi connectivity index (χ4v) is 3.26. The number of rotatable bonds is 4. The third-order valence-corrected chi connectivity index (χ3v) is 4.80. The van der Waals surface area contributed by atoms with Crippen LogP contribution in [0.5, 0.6) is 0 Å². The largest absolute Gasteiger partial charge is 0.455 e. The zero-order valence-electron chi connectivity index (χ0n) is 15.6. The maximum atomic E-state index is 13.5. The summed E-state index contributed by atoms with van der Waals surface area (Å²) in [5, 5.41) is 2.53. The predicted molar refractivity (Wildman–Crippen MR) is 99.0 cm³/mol. The van der Waals surface area contributed by atoms with Crippen molar-refractivity contribution in [1.82, 2.24) is 15.1 Å². The molecule has 0 radical (unpaired) electrons. The number of halogens is 1. The summed E-state index contributed by atoms with van der Waals surface area (Å²) in [7, 11) is 1.56. The minimum Gasteiger partial charge on any atom is -0.455 e. The Labute approximate surface area is 157 Å². The van der Waals surface area contributed by atoms with Gasteiger partial charge in [-0.15, -0.1) is 0 Å². The molecule has 1 N–H and O–H groups in total. The number of aryl methyl sites for hydroxylation is 1. The van der Waals surface area contributed by atoms with Gasteiger partial charge in [0.1, 0.15) is 11.6 Å². The number of hydrogen-bond donors (Lipinski definition) is 1. The minimum absolute atomic E-state index is 0.131. The Kier molecular flexibility index (Phi) is 5.91. The third kappa shape index (κ3) is 4.54. The van der Waals surface area contributed by atoms with Crippen molar-refractivity contribution in [2.24, 2.45) is 0 Å². The highest BCUT2D eigenvalue weighted by Gasteiger charge is 2.22. The van der Waals surface area contributed by atoms with Gasteiger partial charge in [0, 0.05) is 38.8 Å². The maximum absolute atomic E-state index is 13.5. The lowest BCUT2D eigenvalue weighted by Gasteiger charge is -2.22. The van der Waals surface area contributed by atoms with Crippen LogP contribution in [0.2, 0.25) is 0 Å². The summed E-state index contributed by atoms with van der Waals surface area (Å²) in [4.78, 5) is 28.3. The van der Waals surface area contributed by atoms with Gasteiger partial charge in [-0.05, 0) is 43.2 Å². The molecule has 0 saturated carbocycles. The summed E-state index contributed by atoms with van der Waals surface area (Å²) in [6, 6.07) is 7.77. The number of carbonyl (C=O) groups excluding carboxylic acids is 2. The average molecular weight is 373 g/mol. The summed E-state index contributed by atoms with van der Waals surface area (Å²) < 4.78 is 19.1. The van der Waals surface area contributed by atoms with Crippen LogP contribution in [0.25, 0.3) is 0 Å². The summed E-state index contributed by atoms with van der Waals surface area (Å²) in [5.74, 6) is 0.230. The lowest BCUT2D eigenvalue weighted by molar-refractivity contribution is 0.0758. The SMILES string of the molecule is CNC(=O)c1ccc(CN2CCCN(C(=O)c3cc(F)ccc3C)CC2)o1. The van der Waals surface area contributed by atoms with Crippen molar-refractivity contribution in [3.05, 3.63) is 58.8 Å². The van der Waals surface area contributed by atoms with Gasteiger partial charge in [0.2, 0.25) is 0 Å². The first-order valence-corrected chi connectivity index (χ1v) is 9.06. The Bertz CT molecular complexity index is 834. The number of benzene rings is 1. The molecule has 27 heavy (non-hydrogen) atoms. The maximum Gasteiger partial charge on any atom is 0.286 e. The molecule has 0 aliphatic carbocycles. The van der Waals surface area contributed by atoms with Crippen LogP contribution in [0.1, 0.15) is 38.7 Å². The van der Waals surface area contributed by atoms with Gasteiger partial charge in [0.15, 0.2) is 5.76 Å². The topological polar surface area (TPSA) is 65.8 Å². The molecule has 7 heteroatoms. The molecule has 144 valence electrons. The molecule has 2 aromatic rings. The third-order valence-electron chi connectivity index (χ3n) is 4.80. The molecule has 1 aromatic carbocycles. The summed E-state index contributed by atoms with van der Waals surface area (Å²) in [6.07, 6.45) is 0.823. The lowest BCUT2D eigenvalue weighted by atomic mass is 10.1. The van der Waals surface area contributed by atoms with Crippen molar-refractivity contribution >= 4 is 11.8 Å². The van der Waals surface area contributed by atoms with E-state index in [-0.39, 0.29) is 11.8 Å². The number of carbonyl (C=O) groups is 2.